The zero-order valence-electron chi connectivity index (χ0n) is 8.61. The first-order valence-electron chi connectivity index (χ1n) is 4.82. The molecule has 0 atom stereocenters. The number of pyridine rings is 1. The quantitative estimate of drug-likeness (QED) is 0.817. The number of rotatable bonds is 3. The van der Waals surface area contributed by atoms with Gasteiger partial charge in [0.1, 0.15) is 5.82 Å². The van der Waals surface area contributed by atoms with Crippen LogP contribution in [0.25, 0.3) is 11.1 Å². The van der Waals surface area contributed by atoms with Crippen LogP contribution in [0.5, 0.6) is 5.88 Å². The smallest absolute Gasteiger partial charge is 0.388 e. The van der Waals surface area contributed by atoms with Crippen LogP contribution in [-0.4, -0.2) is 11.6 Å². The molecule has 17 heavy (non-hydrogen) atoms. The van der Waals surface area contributed by atoms with E-state index in [2.05, 4.69) is 9.72 Å². The van der Waals surface area contributed by atoms with E-state index < -0.39 is 6.61 Å². The Morgan fingerprint density at radius 3 is 2.12 bits per heavy atom. The second kappa shape index (κ2) is 4.86. The van der Waals surface area contributed by atoms with E-state index in [1.165, 1.54) is 24.4 Å². The van der Waals surface area contributed by atoms with Gasteiger partial charge in [0.25, 0.3) is 0 Å². The summed E-state index contributed by atoms with van der Waals surface area (Å²) >= 11 is 0. The summed E-state index contributed by atoms with van der Waals surface area (Å²) in [5.74, 6) is -0.481. The number of ether oxygens (including phenoxy) is 1. The Labute approximate surface area is 95.7 Å². The van der Waals surface area contributed by atoms with E-state index in [9.17, 15) is 13.2 Å². The van der Waals surface area contributed by atoms with Gasteiger partial charge in [-0.25, -0.2) is 9.37 Å². The Balaban J connectivity index is 2.20. The lowest BCUT2D eigenvalue weighted by Crippen LogP contribution is -2.03. The van der Waals surface area contributed by atoms with Crippen molar-refractivity contribution in [3.05, 3.63) is 48.4 Å². The van der Waals surface area contributed by atoms with Gasteiger partial charge in [0.15, 0.2) is 0 Å². The lowest BCUT2D eigenvalue weighted by molar-refractivity contribution is -0.0528. The second-order valence-corrected chi connectivity index (χ2v) is 3.27. The highest BCUT2D eigenvalue weighted by Gasteiger charge is 2.05. The molecule has 2 rings (SSSR count). The summed E-state index contributed by atoms with van der Waals surface area (Å²) in [6.45, 7) is -2.89. The van der Waals surface area contributed by atoms with Gasteiger partial charge in [-0.05, 0) is 23.8 Å². The third-order valence-corrected chi connectivity index (χ3v) is 2.12. The van der Waals surface area contributed by atoms with Gasteiger partial charge >= 0.3 is 6.61 Å². The number of hydrogen-bond acceptors (Lipinski definition) is 2. The van der Waals surface area contributed by atoms with Gasteiger partial charge in [-0.15, -0.1) is 0 Å². The van der Waals surface area contributed by atoms with E-state index in [4.69, 9.17) is 0 Å². The molecule has 1 aromatic heterocycles. The number of nitrogens with zero attached hydrogens (tertiary/aromatic N) is 1. The highest BCUT2D eigenvalue weighted by Crippen LogP contribution is 2.21. The van der Waals surface area contributed by atoms with Crippen molar-refractivity contribution >= 4 is 0 Å². The number of alkyl halides is 2. The molecular formula is C12H8F3NO. The van der Waals surface area contributed by atoms with Crippen LogP contribution in [0, 0.1) is 5.82 Å². The SMILES string of the molecule is Fc1ccc(-c2ccc(OC(F)F)nc2)cc1. The maximum atomic E-state index is 12.7. The fraction of sp³-hybridized carbons (Fsp3) is 0.0833. The van der Waals surface area contributed by atoms with Crippen molar-refractivity contribution in [3.63, 3.8) is 0 Å². The molecule has 0 N–H and O–H groups in total. The predicted octanol–water partition coefficient (Wildman–Crippen LogP) is 3.49. The van der Waals surface area contributed by atoms with E-state index in [1.807, 2.05) is 0 Å². The van der Waals surface area contributed by atoms with Crippen molar-refractivity contribution in [2.24, 2.45) is 0 Å². The standard InChI is InChI=1S/C12H8F3NO/c13-10-4-1-8(2-5-10)9-3-6-11(16-7-9)17-12(14)15/h1-7,12H. The lowest BCUT2D eigenvalue weighted by atomic mass is 10.1. The van der Waals surface area contributed by atoms with E-state index in [0.717, 1.165) is 5.56 Å². The topological polar surface area (TPSA) is 22.1 Å². The Bertz CT molecular complexity index is 482. The highest BCUT2D eigenvalue weighted by molar-refractivity contribution is 5.62. The second-order valence-electron chi connectivity index (χ2n) is 3.27. The van der Waals surface area contributed by atoms with Crippen LogP contribution in [0.1, 0.15) is 0 Å². The van der Waals surface area contributed by atoms with E-state index in [-0.39, 0.29) is 11.7 Å². The zero-order chi connectivity index (χ0) is 12.3. The summed E-state index contributed by atoms with van der Waals surface area (Å²) in [6, 6.07) is 8.72. The van der Waals surface area contributed by atoms with Crippen molar-refractivity contribution in [2.75, 3.05) is 0 Å². The van der Waals surface area contributed by atoms with Crippen LogP contribution in [0.2, 0.25) is 0 Å². The van der Waals surface area contributed by atoms with Crippen LogP contribution in [0.15, 0.2) is 42.6 Å². The summed E-state index contributed by atoms with van der Waals surface area (Å²) < 4.78 is 40.6. The maximum Gasteiger partial charge on any atom is 0.388 e. The van der Waals surface area contributed by atoms with Gasteiger partial charge in [0.05, 0.1) is 0 Å². The van der Waals surface area contributed by atoms with Gasteiger partial charge in [-0.1, -0.05) is 12.1 Å². The first-order valence-corrected chi connectivity index (χ1v) is 4.82. The third-order valence-electron chi connectivity index (χ3n) is 2.12. The molecule has 0 aliphatic rings. The molecule has 0 unspecified atom stereocenters. The predicted molar refractivity (Wildman–Crippen MR) is 56.3 cm³/mol. The molecule has 2 aromatic rings. The fourth-order valence-corrected chi connectivity index (χ4v) is 1.35. The average Bonchev–Trinajstić information content (AvgIpc) is 2.30. The summed E-state index contributed by atoms with van der Waals surface area (Å²) in [5.41, 5.74) is 1.45. The van der Waals surface area contributed by atoms with E-state index >= 15 is 0 Å². The molecule has 0 bridgehead atoms. The molecule has 0 spiro atoms. The van der Waals surface area contributed by atoms with Crippen molar-refractivity contribution in [1.29, 1.82) is 0 Å². The summed E-state index contributed by atoms with van der Waals surface area (Å²) in [6.07, 6.45) is 1.39. The van der Waals surface area contributed by atoms with Gasteiger partial charge in [0, 0.05) is 17.8 Å². The molecule has 1 heterocycles. The molecule has 1 aromatic carbocycles. The van der Waals surface area contributed by atoms with E-state index in [0.29, 0.717) is 5.56 Å². The number of hydrogen-bond donors (Lipinski definition) is 0. The number of aromatic nitrogens is 1. The number of benzene rings is 1. The molecule has 0 saturated carbocycles. The Hall–Kier alpha value is -2.04. The minimum atomic E-state index is -2.89. The van der Waals surface area contributed by atoms with E-state index in [1.54, 1.807) is 18.2 Å². The molecule has 5 heteroatoms. The van der Waals surface area contributed by atoms with Gasteiger partial charge in [-0.2, -0.15) is 8.78 Å². The van der Waals surface area contributed by atoms with Crippen molar-refractivity contribution in [2.45, 2.75) is 6.61 Å². The Morgan fingerprint density at radius 2 is 1.59 bits per heavy atom. The van der Waals surface area contributed by atoms with Gasteiger partial charge in [-0.3, -0.25) is 0 Å². The van der Waals surface area contributed by atoms with Crippen LogP contribution >= 0.6 is 0 Å². The molecule has 88 valence electrons. The van der Waals surface area contributed by atoms with Crippen LogP contribution in [-0.2, 0) is 0 Å². The Kier molecular flexibility index (Phi) is 3.27. The summed E-state index contributed by atoms with van der Waals surface area (Å²) in [5, 5.41) is 0. The monoisotopic (exact) mass is 239 g/mol. The highest BCUT2D eigenvalue weighted by atomic mass is 19.3. The Morgan fingerprint density at radius 1 is 0.941 bits per heavy atom. The molecule has 0 saturated heterocycles. The average molecular weight is 239 g/mol. The molecule has 0 radical (unpaired) electrons. The molecular weight excluding hydrogens is 231 g/mol. The maximum absolute atomic E-state index is 12.7. The molecule has 0 aliphatic heterocycles. The van der Waals surface area contributed by atoms with Crippen molar-refractivity contribution in [3.8, 4) is 17.0 Å². The van der Waals surface area contributed by atoms with Gasteiger partial charge in [0.2, 0.25) is 5.88 Å². The van der Waals surface area contributed by atoms with Crippen LogP contribution in [0.3, 0.4) is 0 Å². The lowest BCUT2D eigenvalue weighted by Gasteiger charge is -2.04. The minimum absolute atomic E-state index is 0.147. The van der Waals surface area contributed by atoms with Crippen LogP contribution in [0.4, 0.5) is 13.2 Å². The largest absolute Gasteiger partial charge is 0.417 e. The van der Waals surface area contributed by atoms with Crippen molar-refractivity contribution in [1.82, 2.24) is 4.98 Å². The first kappa shape index (κ1) is 11.4. The summed E-state index contributed by atoms with van der Waals surface area (Å²) in [7, 11) is 0. The van der Waals surface area contributed by atoms with Gasteiger partial charge < -0.3 is 4.74 Å². The molecule has 0 amide bonds. The third kappa shape index (κ3) is 2.96. The van der Waals surface area contributed by atoms with Crippen molar-refractivity contribution < 1.29 is 17.9 Å². The minimum Gasteiger partial charge on any atom is -0.417 e. The number of halogens is 3. The molecule has 0 aliphatic carbocycles. The molecule has 2 nitrogen and oxygen atoms in total. The fourth-order valence-electron chi connectivity index (χ4n) is 1.35. The first-order chi connectivity index (χ1) is 8.15. The summed E-state index contributed by atoms with van der Waals surface area (Å²) in [4.78, 5) is 3.72. The van der Waals surface area contributed by atoms with Crippen LogP contribution < -0.4 is 4.74 Å². The normalized spacial score (nSPS) is 10.6. The zero-order valence-corrected chi connectivity index (χ0v) is 8.61. The molecule has 0 fully saturated rings.